The van der Waals surface area contributed by atoms with Crippen LogP contribution in [0.15, 0.2) is 77.1 Å². The minimum absolute atomic E-state index is 0.150. The summed E-state index contributed by atoms with van der Waals surface area (Å²) < 4.78 is 30.7. The van der Waals surface area contributed by atoms with Crippen LogP contribution in [0.3, 0.4) is 0 Å². The van der Waals surface area contributed by atoms with E-state index in [2.05, 4.69) is 9.82 Å². The molecular formula is C21H19N3O2S2. The quantitative estimate of drug-likeness (QED) is 0.503. The first-order chi connectivity index (χ1) is 13.4. The monoisotopic (exact) mass is 409 g/mol. The predicted molar refractivity (Wildman–Crippen MR) is 114 cm³/mol. The van der Waals surface area contributed by atoms with Gasteiger partial charge in [-0.2, -0.15) is 5.10 Å². The highest BCUT2D eigenvalue weighted by molar-refractivity contribution is 7.92. The third-order valence-corrected chi connectivity index (χ3v) is 6.76. The van der Waals surface area contributed by atoms with E-state index in [4.69, 9.17) is 0 Å². The van der Waals surface area contributed by atoms with Gasteiger partial charge in [0.05, 0.1) is 16.8 Å². The number of aryl methyl sites for hydroxylation is 2. The number of thiophene rings is 1. The zero-order valence-corrected chi connectivity index (χ0v) is 17.1. The van der Waals surface area contributed by atoms with E-state index in [9.17, 15) is 8.42 Å². The van der Waals surface area contributed by atoms with Gasteiger partial charge in [-0.1, -0.05) is 30.3 Å². The number of aromatic nitrogens is 2. The summed E-state index contributed by atoms with van der Waals surface area (Å²) in [5.41, 5.74) is 3.91. The Kier molecular flexibility index (Phi) is 4.78. The van der Waals surface area contributed by atoms with E-state index in [-0.39, 0.29) is 4.90 Å². The lowest BCUT2D eigenvalue weighted by Gasteiger charge is -2.09. The minimum atomic E-state index is -3.81. The molecule has 142 valence electrons. The molecule has 0 fully saturated rings. The van der Waals surface area contributed by atoms with Crippen LogP contribution < -0.4 is 4.72 Å². The third kappa shape index (κ3) is 3.58. The molecule has 4 aromatic rings. The molecule has 0 spiro atoms. The van der Waals surface area contributed by atoms with Crippen LogP contribution in [-0.2, 0) is 10.0 Å². The summed E-state index contributed by atoms with van der Waals surface area (Å²) in [4.78, 5) is 0.951. The maximum atomic E-state index is 13.2. The van der Waals surface area contributed by atoms with E-state index in [1.807, 2.05) is 73.8 Å². The molecule has 0 amide bonds. The molecule has 28 heavy (non-hydrogen) atoms. The van der Waals surface area contributed by atoms with Crippen molar-refractivity contribution in [3.05, 3.63) is 83.4 Å². The Morgan fingerprint density at radius 1 is 0.964 bits per heavy atom. The van der Waals surface area contributed by atoms with Crippen LogP contribution in [0, 0.1) is 13.8 Å². The maximum Gasteiger partial charge on any atom is 0.265 e. The van der Waals surface area contributed by atoms with Gasteiger partial charge in [0, 0.05) is 5.69 Å². The van der Waals surface area contributed by atoms with Crippen LogP contribution in [0.2, 0.25) is 0 Å². The Morgan fingerprint density at radius 3 is 2.43 bits per heavy atom. The molecule has 4 rings (SSSR count). The van der Waals surface area contributed by atoms with Crippen LogP contribution in [-0.4, -0.2) is 18.2 Å². The van der Waals surface area contributed by atoms with Crippen molar-refractivity contribution >= 4 is 27.0 Å². The number of hydrogen-bond donors (Lipinski definition) is 1. The van der Waals surface area contributed by atoms with Gasteiger partial charge in [0.1, 0.15) is 10.6 Å². The van der Waals surface area contributed by atoms with Crippen molar-refractivity contribution in [1.82, 2.24) is 9.78 Å². The Labute approximate surface area is 168 Å². The topological polar surface area (TPSA) is 64.0 Å². The molecule has 2 aromatic heterocycles. The maximum absolute atomic E-state index is 13.2. The van der Waals surface area contributed by atoms with Gasteiger partial charge in [0.2, 0.25) is 0 Å². The van der Waals surface area contributed by atoms with Crippen molar-refractivity contribution in [3.8, 4) is 16.3 Å². The molecular weight excluding hydrogens is 390 g/mol. The largest absolute Gasteiger partial charge is 0.280 e. The van der Waals surface area contributed by atoms with Crippen molar-refractivity contribution in [2.75, 3.05) is 4.72 Å². The molecule has 5 nitrogen and oxygen atoms in total. The number of hydrogen-bond acceptors (Lipinski definition) is 4. The molecule has 0 atom stereocenters. The lowest BCUT2D eigenvalue weighted by Crippen LogP contribution is -2.13. The summed E-state index contributed by atoms with van der Waals surface area (Å²) in [6.07, 6.45) is 1.56. The fourth-order valence-corrected chi connectivity index (χ4v) is 4.85. The van der Waals surface area contributed by atoms with Crippen molar-refractivity contribution < 1.29 is 8.42 Å². The molecule has 0 aliphatic heterocycles. The Morgan fingerprint density at radius 2 is 1.75 bits per heavy atom. The lowest BCUT2D eigenvalue weighted by atomic mass is 10.1. The van der Waals surface area contributed by atoms with Gasteiger partial charge in [0.25, 0.3) is 10.0 Å². The molecule has 0 bridgehead atoms. The van der Waals surface area contributed by atoms with E-state index < -0.39 is 10.0 Å². The van der Waals surface area contributed by atoms with Crippen LogP contribution in [0.4, 0.5) is 5.69 Å². The number of para-hydroxylation sites is 1. The summed E-state index contributed by atoms with van der Waals surface area (Å²) in [6, 6.07) is 18.7. The second-order valence-electron chi connectivity index (χ2n) is 6.50. The molecule has 0 saturated carbocycles. The van der Waals surface area contributed by atoms with E-state index in [1.54, 1.807) is 16.9 Å². The smallest absolute Gasteiger partial charge is 0.265 e. The van der Waals surface area contributed by atoms with E-state index >= 15 is 0 Å². The van der Waals surface area contributed by atoms with Gasteiger partial charge in [-0.15, -0.1) is 11.3 Å². The molecule has 2 heterocycles. The highest BCUT2D eigenvalue weighted by Crippen LogP contribution is 2.32. The van der Waals surface area contributed by atoms with Crippen molar-refractivity contribution in [1.29, 1.82) is 0 Å². The average Bonchev–Trinajstić information content (AvgIpc) is 3.35. The van der Waals surface area contributed by atoms with Gasteiger partial charge in [-0.05, 0) is 60.7 Å². The summed E-state index contributed by atoms with van der Waals surface area (Å²) in [7, 11) is -3.81. The van der Waals surface area contributed by atoms with Gasteiger partial charge >= 0.3 is 0 Å². The van der Waals surface area contributed by atoms with Gasteiger partial charge in [-0.3, -0.25) is 4.72 Å². The molecule has 0 aliphatic rings. The zero-order chi connectivity index (χ0) is 19.7. The first-order valence-corrected chi connectivity index (χ1v) is 11.1. The van der Waals surface area contributed by atoms with Gasteiger partial charge in [0.15, 0.2) is 0 Å². The van der Waals surface area contributed by atoms with Crippen molar-refractivity contribution in [3.63, 3.8) is 0 Å². The van der Waals surface area contributed by atoms with E-state index in [1.165, 1.54) is 11.3 Å². The number of sulfonamides is 1. The van der Waals surface area contributed by atoms with Gasteiger partial charge in [-0.25, -0.2) is 13.1 Å². The Hall–Kier alpha value is -2.90. The van der Waals surface area contributed by atoms with Crippen LogP contribution >= 0.6 is 11.3 Å². The fraction of sp³-hybridized carbons (Fsp3) is 0.0952. The molecule has 0 saturated heterocycles. The highest BCUT2D eigenvalue weighted by atomic mass is 32.2. The Balaban J connectivity index is 1.80. The summed E-state index contributed by atoms with van der Waals surface area (Å²) in [5, 5.41) is 6.48. The van der Waals surface area contributed by atoms with Crippen molar-refractivity contribution in [2.45, 2.75) is 18.7 Å². The molecule has 0 aliphatic carbocycles. The number of rotatable bonds is 5. The number of nitrogens with zero attached hydrogens (tertiary/aromatic N) is 2. The second kappa shape index (κ2) is 7.26. The summed E-state index contributed by atoms with van der Waals surface area (Å²) in [6.45, 7) is 3.95. The molecule has 1 N–H and O–H groups in total. The van der Waals surface area contributed by atoms with E-state index in [0.29, 0.717) is 11.4 Å². The second-order valence-corrected chi connectivity index (χ2v) is 9.10. The number of nitrogens with one attached hydrogen (secondary N) is 1. The molecule has 0 radical (unpaired) electrons. The SMILES string of the molecule is Cc1ccc(NS(=O)(=O)c2cn(-c3ccccc3)nc2-c2cccs2)cc1C. The minimum Gasteiger partial charge on any atom is -0.280 e. The molecule has 0 unspecified atom stereocenters. The van der Waals surface area contributed by atoms with Crippen LogP contribution in [0.5, 0.6) is 0 Å². The number of benzene rings is 2. The highest BCUT2D eigenvalue weighted by Gasteiger charge is 2.25. The first kappa shape index (κ1) is 18.5. The average molecular weight is 410 g/mol. The van der Waals surface area contributed by atoms with Crippen LogP contribution in [0.25, 0.3) is 16.3 Å². The number of anilines is 1. The first-order valence-electron chi connectivity index (χ1n) is 8.73. The fourth-order valence-electron chi connectivity index (χ4n) is 2.87. The van der Waals surface area contributed by atoms with Gasteiger partial charge < -0.3 is 0 Å². The molecule has 2 aromatic carbocycles. The normalized spacial score (nSPS) is 11.5. The van der Waals surface area contributed by atoms with E-state index in [0.717, 1.165) is 21.7 Å². The van der Waals surface area contributed by atoms with Crippen LogP contribution in [0.1, 0.15) is 11.1 Å². The Bertz CT molecular complexity index is 1210. The predicted octanol–water partition coefficient (Wildman–Crippen LogP) is 5.02. The zero-order valence-electron chi connectivity index (χ0n) is 15.5. The molecule has 7 heteroatoms. The third-order valence-electron chi connectivity index (χ3n) is 4.50. The summed E-state index contributed by atoms with van der Waals surface area (Å²) in [5.74, 6) is 0. The summed E-state index contributed by atoms with van der Waals surface area (Å²) >= 11 is 1.46. The standard InChI is InChI=1S/C21H19N3O2S2/c1-15-10-11-17(13-16(15)2)23-28(25,26)20-14-24(18-7-4-3-5-8-18)22-21(20)19-9-6-12-27-19/h3-14,23H,1-2H3. The lowest BCUT2D eigenvalue weighted by molar-refractivity contribution is 0.601. The van der Waals surface area contributed by atoms with Crippen molar-refractivity contribution in [2.24, 2.45) is 0 Å².